The average Bonchev–Trinajstić information content (AvgIpc) is 2.85. The highest BCUT2D eigenvalue weighted by atomic mass is 14.9. The molecule has 0 aliphatic heterocycles. The van der Waals surface area contributed by atoms with E-state index in [1.807, 2.05) is 37.6 Å². The molecule has 0 aliphatic rings. The van der Waals surface area contributed by atoms with E-state index in [-0.39, 0.29) is 0 Å². The smallest absolute Gasteiger partial charge is 0.169 e. The molecule has 4 rings (SSSR count). The fourth-order valence-corrected chi connectivity index (χ4v) is 3.93. The van der Waals surface area contributed by atoms with Crippen LogP contribution in [-0.2, 0) is 20.0 Å². The van der Waals surface area contributed by atoms with Gasteiger partial charge in [-0.05, 0) is 60.2 Å². The van der Waals surface area contributed by atoms with Crippen LogP contribution in [-0.4, -0.2) is 9.97 Å². The lowest BCUT2D eigenvalue weighted by Crippen LogP contribution is -2.32. The Labute approximate surface area is 191 Å². The van der Waals surface area contributed by atoms with Gasteiger partial charge < -0.3 is 0 Å². The van der Waals surface area contributed by atoms with Crippen LogP contribution in [0.2, 0.25) is 0 Å². The molecule has 0 atom stereocenters. The molecule has 0 fully saturated rings. The maximum absolute atomic E-state index is 4.47. The number of aryl methyl sites for hydroxylation is 3. The third-order valence-corrected chi connectivity index (χ3v) is 5.84. The van der Waals surface area contributed by atoms with Crippen LogP contribution in [0.3, 0.4) is 0 Å². The first-order valence-electron chi connectivity index (χ1n) is 11.6. The minimum atomic E-state index is 0.942. The normalized spacial score (nSPS) is 10.9. The summed E-state index contributed by atoms with van der Waals surface area (Å²) in [6.07, 6.45) is 19.7. The van der Waals surface area contributed by atoms with Crippen LogP contribution in [0.5, 0.6) is 0 Å². The zero-order valence-corrected chi connectivity index (χ0v) is 18.9. The van der Waals surface area contributed by atoms with Crippen LogP contribution in [0.1, 0.15) is 37.7 Å². The Morgan fingerprint density at radius 1 is 0.656 bits per heavy atom. The molecular weight excluding hydrogens is 392 g/mol. The summed E-state index contributed by atoms with van der Waals surface area (Å²) < 4.78 is 4.35. The van der Waals surface area contributed by atoms with Crippen molar-refractivity contribution in [1.29, 1.82) is 0 Å². The standard InChI is InChI=1S/C28H32N4/c1-31-19-12-25(13-20-31)26-14-21-32(22-15-26)18-8-4-2-3-5-9-24-11-17-30-28(23-24)27-10-6-7-16-29-27/h6-7,10-17,19-23H,2-5,8-9,18H2,1H3/q+2. The maximum atomic E-state index is 4.47. The lowest BCUT2D eigenvalue weighted by Gasteiger charge is -2.05. The number of unbranched alkanes of at least 4 members (excludes halogenated alkanes) is 4. The van der Waals surface area contributed by atoms with E-state index in [0.29, 0.717) is 0 Å². The van der Waals surface area contributed by atoms with Gasteiger partial charge in [-0.3, -0.25) is 9.97 Å². The largest absolute Gasteiger partial charge is 0.255 e. The molecule has 4 aromatic rings. The lowest BCUT2D eigenvalue weighted by atomic mass is 10.0. The summed E-state index contributed by atoms with van der Waals surface area (Å²) in [5.74, 6) is 0. The molecule has 4 heteroatoms. The van der Waals surface area contributed by atoms with Gasteiger partial charge in [0.15, 0.2) is 24.8 Å². The predicted octanol–water partition coefficient (Wildman–Crippen LogP) is 5.12. The van der Waals surface area contributed by atoms with Gasteiger partial charge in [0.1, 0.15) is 13.6 Å². The summed E-state index contributed by atoms with van der Waals surface area (Å²) in [5, 5.41) is 0. The summed E-state index contributed by atoms with van der Waals surface area (Å²) in [5.41, 5.74) is 5.79. The van der Waals surface area contributed by atoms with E-state index in [0.717, 1.165) is 24.4 Å². The molecule has 4 nitrogen and oxygen atoms in total. The Kier molecular flexibility index (Phi) is 7.69. The van der Waals surface area contributed by atoms with Crippen molar-refractivity contribution in [1.82, 2.24) is 9.97 Å². The molecule has 0 bridgehead atoms. The number of hydrogen-bond acceptors (Lipinski definition) is 2. The van der Waals surface area contributed by atoms with Gasteiger partial charge in [-0.15, -0.1) is 0 Å². The summed E-state index contributed by atoms with van der Waals surface area (Å²) in [6, 6.07) is 19.0. The molecule has 0 spiro atoms. The van der Waals surface area contributed by atoms with Crippen LogP contribution in [0.15, 0.2) is 91.8 Å². The second-order valence-corrected chi connectivity index (χ2v) is 8.36. The summed E-state index contributed by atoms with van der Waals surface area (Å²) in [6.45, 7) is 1.09. The van der Waals surface area contributed by atoms with Gasteiger partial charge in [0.25, 0.3) is 0 Å². The fourth-order valence-electron chi connectivity index (χ4n) is 3.93. The van der Waals surface area contributed by atoms with Gasteiger partial charge in [-0.2, -0.15) is 0 Å². The quantitative estimate of drug-likeness (QED) is 0.262. The Hall–Kier alpha value is -3.40. The highest BCUT2D eigenvalue weighted by Crippen LogP contribution is 2.17. The van der Waals surface area contributed by atoms with Crippen LogP contribution in [0.25, 0.3) is 22.5 Å². The molecule has 4 heterocycles. The molecule has 32 heavy (non-hydrogen) atoms. The first kappa shape index (κ1) is 21.8. The van der Waals surface area contributed by atoms with Gasteiger partial charge in [0, 0.05) is 43.1 Å². The molecule has 0 aliphatic carbocycles. The molecule has 0 aromatic carbocycles. The second kappa shape index (κ2) is 11.3. The van der Waals surface area contributed by atoms with Gasteiger partial charge >= 0.3 is 0 Å². The van der Waals surface area contributed by atoms with Crippen molar-refractivity contribution < 1.29 is 9.13 Å². The van der Waals surface area contributed by atoms with Crippen molar-refractivity contribution in [3.05, 3.63) is 97.3 Å². The predicted molar refractivity (Wildman–Crippen MR) is 128 cm³/mol. The van der Waals surface area contributed by atoms with Crippen molar-refractivity contribution >= 4 is 0 Å². The molecule has 0 N–H and O–H groups in total. The van der Waals surface area contributed by atoms with E-state index in [1.54, 1.807) is 0 Å². The highest BCUT2D eigenvalue weighted by Gasteiger charge is 2.05. The Bertz CT molecular complexity index is 1090. The molecule has 162 valence electrons. The summed E-state index contributed by atoms with van der Waals surface area (Å²) >= 11 is 0. The monoisotopic (exact) mass is 424 g/mol. The number of pyridine rings is 4. The fraction of sp³-hybridized carbons (Fsp3) is 0.286. The first-order chi connectivity index (χ1) is 15.8. The molecule has 4 aromatic heterocycles. The average molecular weight is 425 g/mol. The van der Waals surface area contributed by atoms with Gasteiger partial charge in [0.05, 0.1) is 11.4 Å². The van der Waals surface area contributed by atoms with E-state index in [2.05, 4.69) is 80.3 Å². The Balaban J connectivity index is 1.14. The minimum absolute atomic E-state index is 0.942. The van der Waals surface area contributed by atoms with Gasteiger partial charge in [-0.1, -0.05) is 18.9 Å². The summed E-state index contributed by atoms with van der Waals surface area (Å²) in [7, 11) is 2.04. The molecule has 0 radical (unpaired) electrons. The van der Waals surface area contributed by atoms with Crippen LogP contribution in [0.4, 0.5) is 0 Å². The van der Waals surface area contributed by atoms with Crippen molar-refractivity contribution in [3.8, 4) is 22.5 Å². The number of hydrogen-bond donors (Lipinski definition) is 0. The zero-order chi connectivity index (χ0) is 22.0. The molecule has 0 unspecified atom stereocenters. The van der Waals surface area contributed by atoms with Gasteiger partial charge in [0.2, 0.25) is 0 Å². The second-order valence-electron chi connectivity index (χ2n) is 8.36. The maximum Gasteiger partial charge on any atom is 0.169 e. The van der Waals surface area contributed by atoms with Crippen molar-refractivity contribution in [2.45, 2.75) is 45.1 Å². The van der Waals surface area contributed by atoms with Crippen LogP contribution >= 0.6 is 0 Å². The van der Waals surface area contributed by atoms with Crippen molar-refractivity contribution in [2.24, 2.45) is 7.05 Å². The zero-order valence-electron chi connectivity index (χ0n) is 18.9. The molecule has 0 saturated heterocycles. The van der Waals surface area contributed by atoms with Crippen LogP contribution in [0, 0.1) is 0 Å². The highest BCUT2D eigenvalue weighted by molar-refractivity contribution is 5.61. The number of nitrogens with zero attached hydrogens (tertiary/aromatic N) is 4. The van der Waals surface area contributed by atoms with E-state index in [4.69, 9.17) is 0 Å². The Morgan fingerprint density at radius 2 is 1.34 bits per heavy atom. The minimum Gasteiger partial charge on any atom is -0.255 e. The number of rotatable bonds is 10. The third-order valence-electron chi connectivity index (χ3n) is 5.84. The van der Waals surface area contributed by atoms with E-state index in [1.165, 1.54) is 48.8 Å². The van der Waals surface area contributed by atoms with Crippen molar-refractivity contribution in [3.63, 3.8) is 0 Å². The van der Waals surface area contributed by atoms with Crippen LogP contribution < -0.4 is 9.13 Å². The topological polar surface area (TPSA) is 33.5 Å². The number of aromatic nitrogens is 4. The van der Waals surface area contributed by atoms with E-state index >= 15 is 0 Å². The van der Waals surface area contributed by atoms with E-state index in [9.17, 15) is 0 Å². The first-order valence-corrected chi connectivity index (χ1v) is 11.6. The SMILES string of the molecule is C[n+]1ccc(-c2cc[n+](CCCCCCCc3ccnc(-c4ccccn4)c3)cc2)cc1. The summed E-state index contributed by atoms with van der Waals surface area (Å²) in [4.78, 5) is 8.87. The Morgan fingerprint density at radius 3 is 2.09 bits per heavy atom. The van der Waals surface area contributed by atoms with E-state index < -0.39 is 0 Å². The van der Waals surface area contributed by atoms with Gasteiger partial charge in [-0.25, -0.2) is 9.13 Å². The molecule has 0 amide bonds. The molecular formula is C28H32N4+2. The van der Waals surface area contributed by atoms with Crippen molar-refractivity contribution in [2.75, 3.05) is 0 Å². The third kappa shape index (κ3) is 6.30. The lowest BCUT2D eigenvalue weighted by molar-refractivity contribution is -0.697. The molecule has 0 saturated carbocycles.